The number of likely N-dealkylation sites (tertiary alicyclic amines) is 1. The van der Waals surface area contributed by atoms with Crippen LogP contribution in [0.25, 0.3) is 0 Å². The summed E-state index contributed by atoms with van der Waals surface area (Å²) in [5.41, 5.74) is -0.566. The summed E-state index contributed by atoms with van der Waals surface area (Å²) >= 11 is 0. The Morgan fingerprint density at radius 3 is 2.49 bits per heavy atom. The smallest absolute Gasteiger partial charge is 0.306 e. The number of hydrogen-bond donors (Lipinski definition) is 2. The highest BCUT2D eigenvalue weighted by Gasteiger charge is 2.74. The molecular formula is C35H45N3O7. The molecule has 1 spiro atoms. The molecule has 3 fully saturated rings. The normalized spacial score (nSPS) is 34.2. The van der Waals surface area contributed by atoms with Gasteiger partial charge >= 0.3 is 5.97 Å². The van der Waals surface area contributed by atoms with E-state index in [1.54, 1.807) is 11.0 Å². The number of esters is 1. The number of ether oxygens (including phenoxy) is 2. The monoisotopic (exact) mass is 619 g/mol. The van der Waals surface area contributed by atoms with Crippen LogP contribution in [0.4, 0.5) is 0 Å². The summed E-state index contributed by atoms with van der Waals surface area (Å²) in [7, 11) is 0. The van der Waals surface area contributed by atoms with Crippen molar-refractivity contribution in [3.63, 3.8) is 0 Å². The van der Waals surface area contributed by atoms with Crippen molar-refractivity contribution in [1.82, 2.24) is 15.1 Å². The van der Waals surface area contributed by atoms with Gasteiger partial charge in [0, 0.05) is 19.0 Å². The lowest BCUT2D eigenvalue weighted by molar-refractivity contribution is -0.153. The van der Waals surface area contributed by atoms with E-state index in [-0.39, 0.29) is 49.4 Å². The topological polar surface area (TPSA) is 125 Å². The van der Waals surface area contributed by atoms with Gasteiger partial charge in [-0.2, -0.15) is 0 Å². The first kappa shape index (κ1) is 31.5. The largest absolute Gasteiger partial charge is 0.463 e. The van der Waals surface area contributed by atoms with Gasteiger partial charge < -0.3 is 29.7 Å². The van der Waals surface area contributed by atoms with Crippen molar-refractivity contribution in [3.8, 4) is 0 Å². The number of aliphatic hydroxyl groups is 1. The number of hydrogen-bond acceptors (Lipinski definition) is 7. The summed E-state index contributed by atoms with van der Waals surface area (Å²) < 4.78 is 12.2. The lowest BCUT2D eigenvalue weighted by atomic mass is 9.74. The summed E-state index contributed by atoms with van der Waals surface area (Å²) in [5.74, 6) is -3.32. The van der Waals surface area contributed by atoms with Gasteiger partial charge in [-0.15, -0.1) is 0 Å². The molecular weight excluding hydrogens is 574 g/mol. The van der Waals surface area contributed by atoms with E-state index in [4.69, 9.17) is 9.47 Å². The van der Waals surface area contributed by atoms with E-state index in [0.29, 0.717) is 13.0 Å². The molecule has 1 aliphatic carbocycles. The molecule has 45 heavy (non-hydrogen) atoms. The second-order valence-electron chi connectivity index (χ2n) is 13.4. The fraction of sp³-hybridized carbons (Fsp3) is 0.600. The molecule has 5 aliphatic rings. The van der Waals surface area contributed by atoms with Crippen LogP contribution in [0, 0.1) is 17.8 Å². The standard InChI is InChI=1S/C35H45N3O7/c1-22(2)26(20-39)38-31-34(43)37(24-14-8-4-9-15-24)19-11-5-10-16-28(40)44-21-25(23-12-6-3-7-13-23)36-32(41)29-27-17-18-35(31,45-27)30(29)33(38)42/h3,5-7,11-13,17-18,22,24-27,29-31,39H,4,8-10,14-16,19-21H2,1-2H3,(H,36,41)/b11-5-/t25-,26-,27-,29+,30+,31-,35+/m0/s1. The van der Waals surface area contributed by atoms with Gasteiger partial charge in [-0.05, 0) is 30.7 Å². The van der Waals surface area contributed by atoms with E-state index >= 15 is 0 Å². The summed E-state index contributed by atoms with van der Waals surface area (Å²) in [6, 6.07) is 6.99. The number of carbonyl (C=O) groups is 4. The molecule has 5 bridgehead atoms. The summed E-state index contributed by atoms with van der Waals surface area (Å²) in [5, 5.41) is 13.6. The highest BCUT2D eigenvalue weighted by molar-refractivity contribution is 6.00. The zero-order valence-corrected chi connectivity index (χ0v) is 26.2. The Kier molecular flexibility index (Phi) is 9.15. The maximum absolute atomic E-state index is 14.9. The molecule has 10 nitrogen and oxygen atoms in total. The molecule has 2 saturated heterocycles. The van der Waals surface area contributed by atoms with E-state index in [9.17, 15) is 24.3 Å². The number of nitrogens with one attached hydrogen (secondary N) is 1. The number of fused-ring (bicyclic) bond motifs is 2. The fourth-order valence-corrected chi connectivity index (χ4v) is 8.06. The van der Waals surface area contributed by atoms with Crippen LogP contribution < -0.4 is 5.32 Å². The number of cyclic esters (lactones) is 1. The van der Waals surface area contributed by atoms with Crippen LogP contribution in [-0.2, 0) is 28.7 Å². The molecule has 0 aromatic heterocycles. The van der Waals surface area contributed by atoms with Crippen LogP contribution >= 0.6 is 0 Å². The third kappa shape index (κ3) is 5.71. The van der Waals surface area contributed by atoms with E-state index in [1.165, 1.54) is 0 Å². The van der Waals surface area contributed by atoms with E-state index < -0.39 is 47.6 Å². The zero-order chi connectivity index (χ0) is 31.7. The predicted octanol–water partition coefficient (Wildman–Crippen LogP) is 3.07. The number of amides is 3. The van der Waals surface area contributed by atoms with Crippen LogP contribution in [0.1, 0.15) is 70.4 Å². The van der Waals surface area contributed by atoms with Crippen molar-refractivity contribution in [2.45, 2.75) is 94.7 Å². The fourth-order valence-electron chi connectivity index (χ4n) is 8.06. The lowest BCUT2D eigenvalue weighted by Gasteiger charge is -2.42. The number of carbonyl (C=O) groups excluding carboxylic acids is 4. The Balaban J connectivity index is 1.43. The molecule has 1 saturated carbocycles. The molecule has 0 radical (unpaired) electrons. The van der Waals surface area contributed by atoms with Gasteiger partial charge in [0.2, 0.25) is 17.7 Å². The maximum atomic E-state index is 14.9. The number of nitrogens with zero attached hydrogens (tertiary/aromatic N) is 2. The first-order valence-electron chi connectivity index (χ1n) is 16.5. The van der Waals surface area contributed by atoms with Crippen LogP contribution in [0.5, 0.6) is 0 Å². The molecule has 7 atom stereocenters. The number of allylic oxidation sites excluding steroid dienone is 1. The second kappa shape index (κ2) is 13.1. The minimum Gasteiger partial charge on any atom is -0.463 e. The van der Waals surface area contributed by atoms with Gasteiger partial charge in [-0.25, -0.2) is 0 Å². The number of benzene rings is 1. The Morgan fingerprint density at radius 1 is 1.02 bits per heavy atom. The van der Waals surface area contributed by atoms with Crippen LogP contribution in [-0.4, -0.2) is 88.2 Å². The molecule has 1 aromatic carbocycles. The van der Waals surface area contributed by atoms with Crippen molar-refractivity contribution in [1.29, 1.82) is 0 Å². The number of rotatable bonds is 5. The molecule has 4 heterocycles. The van der Waals surface area contributed by atoms with E-state index in [0.717, 1.165) is 37.7 Å². The molecule has 10 heteroatoms. The van der Waals surface area contributed by atoms with Gasteiger partial charge in [0.1, 0.15) is 18.2 Å². The van der Waals surface area contributed by atoms with Crippen molar-refractivity contribution in [2.75, 3.05) is 19.8 Å². The predicted molar refractivity (Wildman–Crippen MR) is 165 cm³/mol. The Bertz CT molecular complexity index is 1340. The number of aliphatic hydroxyl groups excluding tert-OH is 1. The Morgan fingerprint density at radius 2 is 1.78 bits per heavy atom. The molecule has 2 N–H and O–H groups in total. The molecule has 1 aromatic rings. The summed E-state index contributed by atoms with van der Waals surface area (Å²) in [6.07, 6.45) is 12.2. The van der Waals surface area contributed by atoms with Gasteiger partial charge in [0.15, 0.2) is 0 Å². The SMILES string of the molecule is CC(C)[C@H](CO)N1C(=O)[C@H]2[C@@H]3C(=O)N[C@H](c4ccccc4)COC(=O)CC/C=C\CN(C4CCCCC4)C(=O)[C@H]1[C@@]21C=C[C@@H]3O1. The Hall–Kier alpha value is -3.50. The summed E-state index contributed by atoms with van der Waals surface area (Å²) in [6.45, 7) is 3.80. The summed E-state index contributed by atoms with van der Waals surface area (Å²) in [4.78, 5) is 59.8. The van der Waals surface area contributed by atoms with Gasteiger partial charge in [-0.3, -0.25) is 19.2 Å². The van der Waals surface area contributed by atoms with Crippen molar-refractivity contribution >= 4 is 23.7 Å². The van der Waals surface area contributed by atoms with Crippen molar-refractivity contribution in [3.05, 3.63) is 60.2 Å². The average Bonchev–Trinajstić information content (AvgIpc) is 3.69. The molecule has 4 aliphatic heterocycles. The molecule has 242 valence electrons. The minimum absolute atomic E-state index is 0.00436. The molecule has 6 rings (SSSR count). The van der Waals surface area contributed by atoms with E-state index in [1.807, 2.05) is 67.3 Å². The van der Waals surface area contributed by atoms with E-state index in [2.05, 4.69) is 5.32 Å². The van der Waals surface area contributed by atoms with Crippen molar-refractivity contribution in [2.24, 2.45) is 17.8 Å². The van der Waals surface area contributed by atoms with Gasteiger partial charge in [-0.1, -0.05) is 87.7 Å². The first-order valence-corrected chi connectivity index (χ1v) is 16.5. The highest BCUT2D eigenvalue weighted by Crippen LogP contribution is 2.56. The third-order valence-electron chi connectivity index (χ3n) is 10.4. The lowest BCUT2D eigenvalue weighted by Crippen LogP contribution is -2.61. The molecule has 0 unspecified atom stereocenters. The van der Waals surface area contributed by atoms with Gasteiger partial charge in [0.05, 0.1) is 36.6 Å². The van der Waals surface area contributed by atoms with Crippen molar-refractivity contribution < 1.29 is 33.8 Å². The van der Waals surface area contributed by atoms with Gasteiger partial charge in [0.25, 0.3) is 0 Å². The van der Waals surface area contributed by atoms with Crippen LogP contribution in [0.2, 0.25) is 0 Å². The zero-order valence-electron chi connectivity index (χ0n) is 26.2. The quantitative estimate of drug-likeness (QED) is 0.383. The first-order chi connectivity index (χ1) is 21.8. The average molecular weight is 620 g/mol. The maximum Gasteiger partial charge on any atom is 0.306 e. The van der Waals surface area contributed by atoms with Crippen LogP contribution in [0.3, 0.4) is 0 Å². The van der Waals surface area contributed by atoms with Crippen LogP contribution in [0.15, 0.2) is 54.6 Å². The molecule has 3 amide bonds. The third-order valence-corrected chi connectivity index (χ3v) is 10.4. The highest BCUT2D eigenvalue weighted by atomic mass is 16.5. The Labute approximate surface area is 264 Å². The minimum atomic E-state index is -1.33. The second-order valence-corrected chi connectivity index (χ2v) is 13.4.